The summed E-state index contributed by atoms with van der Waals surface area (Å²) >= 11 is 0. The van der Waals surface area contributed by atoms with Gasteiger partial charge in [0.25, 0.3) is 0 Å². The molecule has 10 nitrogen and oxygen atoms in total. The summed E-state index contributed by atoms with van der Waals surface area (Å²) in [5.74, 6) is -0.432. The molecule has 2 fully saturated rings. The lowest BCUT2D eigenvalue weighted by Crippen LogP contribution is -2.55. The number of nitrogens with zero attached hydrogens (tertiary/aromatic N) is 1. The highest BCUT2D eigenvalue weighted by atomic mass is 19.1. The van der Waals surface area contributed by atoms with Crippen LogP contribution in [-0.4, -0.2) is 73.7 Å². The highest BCUT2D eigenvalue weighted by Crippen LogP contribution is 2.42. The minimum atomic E-state index is -1.49. The second-order valence-electron chi connectivity index (χ2n) is 12.0. The maximum Gasteiger partial charge on any atom is 0.322 e. The van der Waals surface area contributed by atoms with Gasteiger partial charge < -0.3 is 40.7 Å². The molecule has 0 bridgehead atoms. The van der Waals surface area contributed by atoms with Gasteiger partial charge in [-0.3, -0.25) is 4.90 Å². The first-order valence-electron chi connectivity index (χ1n) is 15.5. The van der Waals surface area contributed by atoms with E-state index in [1.54, 1.807) is 41.3 Å². The fourth-order valence-corrected chi connectivity index (χ4v) is 6.47. The van der Waals surface area contributed by atoms with Gasteiger partial charge in [-0.25, -0.2) is 9.18 Å². The van der Waals surface area contributed by atoms with E-state index < -0.39 is 61.1 Å². The average molecular weight is 645 g/mol. The van der Waals surface area contributed by atoms with Gasteiger partial charge in [-0.2, -0.15) is 0 Å². The molecule has 0 aromatic heterocycles. The minimum Gasteiger partial charge on any atom is -0.508 e. The van der Waals surface area contributed by atoms with Crippen molar-refractivity contribution in [1.29, 1.82) is 0 Å². The number of nitrogens with one attached hydrogen (secondary N) is 1. The Balaban J connectivity index is 1.25. The predicted molar refractivity (Wildman–Crippen MR) is 171 cm³/mol. The molecule has 4 aromatic rings. The highest BCUT2D eigenvalue weighted by Gasteiger charge is 2.44. The highest BCUT2D eigenvalue weighted by molar-refractivity contribution is 5.96. The van der Waals surface area contributed by atoms with Gasteiger partial charge in [0.15, 0.2) is 0 Å². The molecule has 6 rings (SSSR count). The number of ether oxygens (including phenoxy) is 1. The van der Waals surface area contributed by atoms with E-state index in [1.165, 1.54) is 24.3 Å². The average Bonchev–Trinajstić information content (AvgIpc) is 3.42. The van der Waals surface area contributed by atoms with Crippen LogP contribution in [0.25, 0.3) is 11.1 Å². The number of aromatic hydroxyl groups is 1. The number of carbonyl (C=O) groups excluding carboxylic acids is 1. The van der Waals surface area contributed by atoms with Gasteiger partial charge in [0.05, 0.1) is 24.8 Å². The zero-order valence-electron chi connectivity index (χ0n) is 25.3. The Bertz CT molecular complexity index is 1670. The molecule has 0 aliphatic carbocycles. The van der Waals surface area contributed by atoms with E-state index >= 15 is 0 Å². The topological polar surface area (TPSA) is 163 Å². The number of aliphatic hydroxyl groups is 5. The number of phenolic OH excluding ortho intramolecular Hbond substituents is 1. The molecule has 2 aliphatic rings. The third-order valence-corrected chi connectivity index (χ3v) is 9.04. The van der Waals surface area contributed by atoms with Crippen LogP contribution in [0.4, 0.5) is 14.9 Å². The van der Waals surface area contributed by atoms with Crippen molar-refractivity contribution < 1.29 is 44.6 Å². The first kappa shape index (κ1) is 32.6. The monoisotopic (exact) mass is 644 g/mol. The van der Waals surface area contributed by atoms with E-state index in [-0.39, 0.29) is 18.2 Å². The second-order valence-corrected chi connectivity index (χ2v) is 12.0. The zero-order valence-corrected chi connectivity index (χ0v) is 25.3. The molecule has 0 saturated carbocycles. The van der Waals surface area contributed by atoms with Crippen molar-refractivity contribution in [3.8, 4) is 16.9 Å². The molecule has 246 valence electrons. The Morgan fingerprint density at radius 1 is 0.851 bits per heavy atom. The van der Waals surface area contributed by atoms with E-state index in [1.807, 2.05) is 36.4 Å². The second kappa shape index (κ2) is 13.8. The Hall–Kier alpha value is -4.36. The van der Waals surface area contributed by atoms with Crippen molar-refractivity contribution in [2.75, 3.05) is 11.5 Å². The number of amides is 2. The Morgan fingerprint density at radius 2 is 1.53 bits per heavy atom. The molecule has 0 radical (unpaired) electrons. The summed E-state index contributed by atoms with van der Waals surface area (Å²) in [6.07, 6.45) is -6.54. The lowest BCUT2D eigenvalue weighted by molar-refractivity contribution is -0.231. The normalized spacial score (nSPS) is 26.6. The summed E-state index contributed by atoms with van der Waals surface area (Å²) in [6.45, 7) is -0.523. The molecule has 2 heterocycles. The largest absolute Gasteiger partial charge is 0.508 e. The summed E-state index contributed by atoms with van der Waals surface area (Å²) in [5, 5.41) is 65.5. The van der Waals surface area contributed by atoms with Crippen LogP contribution in [0.3, 0.4) is 0 Å². The van der Waals surface area contributed by atoms with Crippen LogP contribution in [0.5, 0.6) is 5.75 Å². The Labute approximate surface area is 270 Å². The van der Waals surface area contributed by atoms with Crippen LogP contribution in [-0.2, 0) is 4.74 Å². The number of anilines is 1. The summed E-state index contributed by atoms with van der Waals surface area (Å²) < 4.78 is 19.1. The van der Waals surface area contributed by atoms with Crippen molar-refractivity contribution in [3.63, 3.8) is 0 Å². The lowest BCUT2D eigenvalue weighted by atomic mass is 9.90. The summed E-state index contributed by atoms with van der Waals surface area (Å²) in [4.78, 5) is 14.9. The van der Waals surface area contributed by atoms with Crippen LogP contribution in [0, 0.1) is 5.82 Å². The van der Waals surface area contributed by atoms with E-state index in [2.05, 4.69) is 5.32 Å². The molecule has 4 aromatic carbocycles. The number of benzene rings is 4. The van der Waals surface area contributed by atoms with Crippen molar-refractivity contribution >= 4 is 11.7 Å². The smallest absolute Gasteiger partial charge is 0.322 e. The Morgan fingerprint density at radius 3 is 2.19 bits per heavy atom. The number of carbonyl (C=O) groups is 1. The summed E-state index contributed by atoms with van der Waals surface area (Å²) in [5.41, 5.74) is 3.67. The molecule has 47 heavy (non-hydrogen) atoms. The van der Waals surface area contributed by atoms with Gasteiger partial charge in [-0.15, -0.1) is 0 Å². The van der Waals surface area contributed by atoms with Crippen LogP contribution >= 0.6 is 0 Å². The SMILES string of the molecule is O=C1NC(CCC(O)c2ccc(F)cc2)C(c2ccc(-c3ccc(C4OC(CO)C(O)C(O)C4O)cc3)cc2O)N1c1ccccc1. The number of hydrogen-bond acceptors (Lipinski definition) is 8. The molecular formula is C36H37FN2O8. The number of halogens is 1. The quantitative estimate of drug-likeness (QED) is 0.145. The minimum absolute atomic E-state index is 0.0352. The third kappa shape index (κ3) is 6.59. The number of phenols is 1. The predicted octanol–water partition coefficient (Wildman–Crippen LogP) is 3.87. The van der Waals surface area contributed by atoms with Gasteiger partial charge >= 0.3 is 6.03 Å². The molecule has 2 aliphatic heterocycles. The van der Waals surface area contributed by atoms with Crippen LogP contribution in [0.1, 0.15) is 47.8 Å². The molecule has 0 spiro atoms. The van der Waals surface area contributed by atoms with E-state index in [4.69, 9.17) is 4.74 Å². The van der Waals surface area contributed by atoms with Crippen molar-refractivity contribution in [2.45, 2.75) is 61.5 Å². The Kier molecular flexibility index (Phi) is 9.55. The summed E-state index contributed by atoms with van der Waals surface area (Å²) in [7, 11) is 0. The molecule has 8 unspecified atom stereocenters. The number of hydrogen-bond donors (Lipinski definition) is 7. The zero-order chi connectivity index (χ0) is 33.2. The fraction of sp³-hybridized carbons (Fsp3) is 0.306. The number of para-hydroxylation sites is 1. The van der Waals surface area contributed by atoms with Crippen molar-refractivity contribution in [3.05, 3.63) is 120 Å². The van der Waals surface area contributed by atoms with Crippen molar-refractivity contribution in [2.24, 2.45) is 0 Å². The van der Waals surface area contributed by atoms with Gasteiger partial charge in [0.1, 0.15) is 42.1 Å². The summed E-state index contributed by atoms with van der Waals surface area (Å²) in [6, 6.07) is 25.5. The van der Waals surface area contributed by atoms with Gasteiger partial charge in [0, 0.05) is 11.3 Å². The molecular weight excluding hydrogens is 607 g/mol. The van der Waals surface area contributed by atoms with Crippen molar-refractivity contribution in [1.82, 2.24) is 5.32 Å². The van der Waals surface area contributed by atoms with Gasteiger partial charge in [0.2, 0.25) is 0 Å². The van der Waals surface area contributed by atoms with E-state index in [9.17, 15) is 39.8 Å². The lowest BCUT2D eigenvalue weighted by Gasteiger charge is -2.40. The number of rotatable bonds is 9. The van der Waals surface area contributed by atoms with Crippen LogP contribution in [0.15, 0.2) is 97.1 Å². The van der Waals surface area contributed by atoms with Crippen LogP contribution in [0.2, 0.25) is 0 Å². The molecule has 11 heteroatoms. The van der Waals surface area contributed by atoms with E-state index in [0.717, 1.165) is 5.56 Å². The third-order valence-electron chi connectivity index (χ3n) is 9.04. The molecule has 2 amide bonds. The molecule has 7 N–H and O–H groups in total. The van der Waals surface area contributed by atoms with Crippen LogP contribution < -0.4 is 10.2 Å². The van der Waals surface area contributed by atoms with Gasteiger partial charge in [-0.1, -0.05) is 66.7 Å². The van der Waals surface area contributed by atoms with E-state index in [0.29, 0.717) is 34.4 Å². The maximum atomic E-state index is 13.4. The number of urea groups is 1. The first-order chi connectivity index (χ1) is 22.7. The molecule has 2 saturated heterocycles. The maximum absolute atomic E-state index is 13.4. The first-order valence-corrected chi connectivity index (χ1v) is 15.5. The van der Waals surface area contributed by atoms with Gasteiger partial charge in [-0.05, 0) is 65.4 Å². The standard InChI is InChI=1S/C36H37FN2O8/c37-24-13-10-21(11-14-24)28(41)17-16-27-31(39(36(46)38-27)25-4-2-1-3-5-25)26-15-12-23(18-29(26)42)20-6-8-22(9-7-20)35-34(45)33(44)32(43)30(19-40)47-35/h1-15,18,27-28,30-35,40-45H,16-17,19H2,(H,38,46). The number of aliphatic hydroxyl groups excluding tert-OH is 5. The molecule has 8 atom stereocenters. The fourth-order valence-electron chi connectivity index (χ4n) is 6.47.